The molecule has 2 aromatic rings. The average molecular weight is 249 g/mol. The van der Waals surface area contributed by atoms with Gasteiger partial charge in [-0.1, -0.05) is 6.07 Å². The van der Waals surface area contributed by atoms with E-state index in [4.69, 9.17) is 10.5 Å². The topological polar surface area (TPSA) is 53.1 Å². The summed E-state index contributed by atoms with van der Waals surface area (Å²) in [7, 11) is 1.77. The van der Waals surface area contributed by atoms with Crippen LogP contribution < -0.4 is 10.5 Å². The summed E-state index contributed by atoms with van der Waals surface area (Å²) in [4.78, 5) is 0. The molecule has 0 aliphatic rings. The van der Waals surface area contributed by atoms with E-state index in [1.165, 1.54) is 12.1 Å². The number of hydrogen-bond donors (Lipinski definition) is 1. The molecule has 0 spiro atoms. The Bertz CT molecular complexity index is 578. The predicted octanol–water partition coefficient (Wildman–Crippen LogP) is 2.43. The van der Waals surface area contributed by atoms with Crippen molar-refractivity contribution in [2.24, 2.45) is 12.8 Å². The van der Waals surface area contributed by atoms with E-state index < -0.39 is 0 Å². The number of benzene rings is 1. The first kappa shape index (κ1) is 12.6. The molecule has 0 atom stereocenters. The summed E-state index contributed by atoms with van der Waals surface area (Å²) >= 11 is 0. The maximum Gasteiger partial charge on any atom is 0.222 e. The molecule has 1 aromatic carbocycles. The second-order valence-corrected chi connectivity index (χ2v) is 4.21. The number of aryl methyl sites for hydroxylation is 3. The summed E-state index contributed by atoms with van der Waals surface area (Å²) in [6.45, 7) is 4.07. The van der Waals surface area contributed by atoms with Gasteiger partial charge in [0.05, 0.1) is 11.3 Å². The molecule has 0 saturated heterocycles. The highest BCUT2D eigenvalue weighted by Gasteiger charge is 2.15. The molecule has 5 heteroatoms. The zero-order valence-corrected chi connectivity index (χ0v) is 10.7. The van der Waals surface area contributed by atoms with Crippen molar-refractivity contribution in [1.29, 1.82) is 0 Å². The molecule has 0 saturated carbocycles. The maximum atomic E-state index is 13.2. The lowest BCUT2D eigenvalue weighted by Crippen LogP contribution is -2.02. The number of nitrogens with two attached hydrogens (primary N) is 1. The Morgan fingerprint density at radius 2 is 2.11 bits per heavy atom. The Balaban J connectivity index is 2.42. The predicted molar refractivity (Wildman–Crippen MR) is 67.0 cm³/mol. The van der Waals surface area contributed by atoms with Crippen LogP contribution in [0.2, 0.25) is 0 Å². The molecule has 0 bridgehead atoms. The van der Waals surface area contributed by atoms with E-state index in [-0.39, 0.29) is 5.82 Å². The van der Waals surface area contributed by atoms with Gasteiger partial charge in [0.1, 0.15) is 11.6 Å². The zero-order valence-electron chi connectivity index (χ0n) is 10.7. The molecule has 0 radical (unpaired) electrons. The molecule has 0 aliphatic carbocycles. The molecule has 0 unspecified atom stereocenters. The number of rotatable bonds is 3. The largest absolute Gasteiger partial charge is 0.439 e. The highest BCUT2D eigenvalue weighted by molar-refractivity contribution is 5.39. The van der Waals surface area contributed by atoms with E-state index in [9.17, 15) is 4.39 Å². The summed E-state index contributed by atoms with van der Waals surface area (Å²) in [5, 5.41) is 4.25. The summed E-state index contributed by atoms with van der Waals surface area (Å²) < 4.78 is 20.6. The molecule has 1 aromatic heterocycles. The Kier molecular flexibility index (Phi) is 3.34. The fourth-order valence-corrected chi connectivity index (χ4v) is 1.83. The Hall–Kier alpha value is -1.88. The van der Waals surface area contributed by atoms with Crippen LogP contribution >= 0.6 is 0 Å². The molecule has 2 N–H and O–H groups in total. The molecule has 0 amide bonds. The van der Waals surface area contributed by atoms with Crippen LogP contribution in [0.25, 0.3) is 0 Å². The third kappa shape index (κ3) is 2.22. The number of aromatic nitrogens is 2. The van der Waals surface area contributed by atoms with Gasteiger partial charge < -0.3 is 10.5 Å². The van der Waals surface area contributed by atoms with Crippen molar-refractivity contribution in [2.45, 2.75) is 20.4 Å². The monoisotopic (exact) mass is 249 g/mol. The van der Waals surface area contributed by atoms with Crippen LogP contribution in [0.1, 0.15) is 16.8 Å². The SMILES string of the molecule is Cc1ccc(F)cc1Oc1c(CN)c(C)nn1C. The Morgan fingerprint density at radius 1 is 1.39 bits per heavy atom. The van der Waals surface area contributed by atoms with E-state index in [0.717, 1.165) is 16.8 Å². The van der Waals surface area contributed by atoms with Gasteiger partial charge in [-0.2, -0.15) is 5.10 Å². The van der Waals surface area contributed by atoms with Crippen LogP contribution in [0.4, 0.5) is 4.39 Å². The molecule has 1 heterocycles. The fourth-order valence-electron chi connectivity index (χ4n) is 1.83. The third-order valence-corrected chi connectivity index (χ3v) is 2.85. The highest BCUT2D eigenvalue weighted by Crippen LogP contribution is 2.29. The summed E-state index contributed by atoms with van der Waals surface area (Å²) in [5.41, 5.74) is 8.20. The number of ether oxygens (including phenoxy) is 1. The quantitative estimate of drug-likeness (QED) is 0.908. The van der Waals surface area contributed by atoms with Crippen molar-refractivity contribution in [3.63, 3.8) is 0 Å². The smallest absolute Gasteiger partial charge is 0.222 e. The van der Waals surface area contributed by atoms with E-state index in [1.807, 2.05) is 13.8 Å². The van der Waals surface area contributed by atoms with Crippen LogP contribution in [0.15, 0.2) is 18.2 Å². The Labute approximate surface area is 105 Å². The van der Waals surface area contributed by atoms with Gasteiger partial charge in [0, 0.05) is 19.7 Å². The lowest BCUT2D eigenvalue weighted by Gasteiger charge is -2.10. The van der Waals surface area contributed by atoms with Crippen molar-refractivity contribution >= 4 is 0 Å². The van der Waals surface area contributed by atoms with Crippen LogP contribution in [-0.2, 0) is 13.6 Å². The van der Waals surface area contributed by atoms with Gasteiger partial charge in [-0.15, -0.1) is 0 Å². The first-order chi connectivity index (χ1) is 8.52. The summed E-state index contributed by atoms with van der Waals surface area (Å²) in [5.74, 6) is 0.709. The van der Waals surface area contributed by atoms with E-state index >= 15 is 0 Å². The van der Waals surface area contributed by atoms with Crippen molar-refractivity contribution in [1.82, 2.24) is 9.78 Å². The van der Waals surface area contributed by atoms with E-state index in [1.54, 1.807) is 17.8 Å². The molecule has 4 nitrogen and oxygen atoms in total. The third-order valence-electron chi connectivity index (χ3n) is 2.85. The van der Waals surface area contributed by atoms with Crippen molar-refractivity contribution in [3.8, 4) is 11.6 Å². The van der Waals surface area contributed by atoms with Crippen LogP contribution in [0, 0.1) is 19.7 Å². The first-order valence-electron chi connectivity index (χ1n) is 5.69. The van der Waals surface area contributed by atoms with Gasteiger partial charge in [0.15, 0.2) is 0 Å². The molecule has 96 valence electrons. The molecular formula is C13H16FN3O. The zero-order chi connectivity index (χ0) is 13.3. The van der Waals surface area contributed by atoms with E-state index in [0.29, 0.717) is 18.2 Å². The lowest BCUT2D eigenvalue weighted by molar-refractivity contribution is 0.420. The standard InChI is InChI=1S/C13H16FN3O/c1-8-4-5-10(14)6-12(8)18-13-11(7-15)9(2)16-17(13)3/h4-6H,7,15H2,1-3H3. The molecular weight excluding hydrogens is 233 g/mol. The fraction of sp³-hybridized carbons (Fsp3) is 0.308. The normalized spacial score (nSPS) is 10.7. The number of nitrogens with zero attached hydrogens (tertiary/aromatic N) is 2. The minimum atomic E-state index is -0.330. The van der Waals surface area contributed by atoms with Gasteiger partial charge in [-0.05, 0) is 25.5 Å². The molecule has 0 fully saturated rings. The van der Waals surface area contributed by atoms with Gasteiger partial charge in [0.25, 0.3) is 0 Å². The summed E-state index contributed by atoms with van der Waals surface area (Å²) in [6, 6.07) is 4.44. The maximum absolute atomic E-state index is 13.2. The van der Waals surface area contributed by atoms with Crippen LogP contribution in [0.5, 0.6) is 11.6 Å². The van der Waals surface area contributed by atoms with Crippen LogP contribution in [0.3, 0.4) is 0 Å². The van der Waals surface area contributed by atoms with Gasteiger partial charge in [-0.3, -0.25) is 0 Å². The van der Waals surface area contributed by atoms with Crippen molar-refractivity contribution in [2.75, 3.05) is 0 Å². The highest BCUT2D eigenvalue weighted by atomic mass is 19.1. The minimum absolute atomic E-state index is 0.330. The number of hydrogen-bond acceptors (Lipinski definition) is 3. The second-order valence-electron chi connectivity index (χ2n) is 4.21. The number of halogens is 1. The molecule has 0 aliphatic heterocycles. The first-order valence-corrected chi connectivity index (χ1v) is 5.69. The molecule has 18 heavy (non-hydrogen) atoms. The summed E-state index contributed by atoms with van der Waals surface area (Å²) in [6.07, 6.45) is 0. The Morgan fingerprint density at radius 3 is 2.78 bits per heavy atom. The van der Waals surface area contributed by atoms with Crippen LogP contribution in [-0.4, -0.2) is 9.78 Å². The van der Waals surface area contributed by atoms with Crippen molar-refractivity contribution in [3.05, 3.63) is 40.8 Å². The minimum Gasteiger partial charge on any atom is -0.439 e. The van der Waals surface area contributed by atoms with Gasteiger partial charge in [-0.25, -0.2) is 9.07 Å². The molecule has 2 rings (SSSR count). The van der Waals surface area contributed by atoms with E-state index in [2.05, 4.69) is 5.10 Å². The van der Waals surface area contributed by atoms with Crippen molar-refractivity contribution < 1.29 is 9.13 Å². The lowest BCUT2D eigenvalue weighted by atomic mass is 10.2. The van der Waals surface area contributed by atoms with Gasteiger partial charge >= 0.3 is 0 Å². The van der Waals surface area contributed by atoms with Gasteiger partial charge in [0.2, 0.25) is 5.88 Å². The second kappa shape index (κ2) is 4.78. The average Bonchev–Trinajstić information content (AvgIpc) is 2.58.